The van der Waals surface area contributed by atoms with Crippen molar-refractivity contribution in [1.82, 2.24) is 0 Å². The number of halogens is 1. The van der Waals surface area contributed by atoms with Gasteiger partial charge >= 0.3 is 0 Å². The second kappa shape index (κ2) is 8.52. The predicted molar refractivity (Wildman–Crippen MR) is 119 cm³/mol. The summed E-state index contributed by atoms with van der Waals surface area (Å²) in [7, 11) is -4.12. The molecule has 31 heavy (non-hydrogen) atoms. The molecule has 160 valence electrons. The number of carbonyl (C=O) groups excluding carboxylic acids is 1. The van der Waals surface area contributed by atoms with Crippen LogP contribution in [0.2, 0.25) is 0 Å². The number of benzene rings is 2. The monoisotopic (exact) mass is 458 g/mol. The van der Waals surface area contributed by atoms with Crippen molar-refractivity contribution in [2.24, 2.45) is 0 Å². The SMILES string of the molecule is CCOc1ccc(NC=C2C(=O)c3sccc3N(Cc3ccc(F)cc3)S2(=O)=O)cc1. The van der Waals surface area contributed by atoms with Crippen molar-refractivity contribution in [3.05, 3.63) is 87.3 Å². The lowest BCUT2D eigenvalue weighted by Gasteiger charge is -2.29. The van der Waals surface area contributed by atoms with Gasteiger partial charge in [0, 0.05) is 11.9 Å². The minimum atomic E-state index is -4.12. The van der Waals surface area contributed by atoms with E-state index in [-0.39, 0.29) is 11.4 Å². The number of hydrogen-bond donors (Lipinski definition) is 1. The molecular weight excluding hydrogens is 439 g/mol. The molecule has 0 saturated carbocycles. The first-order valence-electron chi connectivity index (χ1n) is 9.49. The van der Waals surface area contributed by atoms with Gasteiger partial charge < -0.3 is 10.1 Å². The van der Waals surface area contributed by atoms with Gasteiger partial charge in [0.2, 0.25) is 5.78 Å². The summed E-state index contributed by atoms with van der Waals surface area (Å²) in [4.78, 5) is 12.9. The molecule has 0 radical (unpaired) electrons. The van der Waals surface area contributed by atoms with E-state index in [4.69, 9.17) is 4.74 Å². The largest absolute Gasteiger partial charge is 0.494 e. The van der Waals surface area contributed by atoms with Crippen molar-refractivity contribution in [1.29, 1.82) is 0 Å². The van der Waals surface area contributed by atoms with Crippen LogP contribution in [0.15, 0.2) is 71.1 Å². The molecule has 1 aliphatic heterocycles. The Bertz CT molecular complexity index is 1230. The molecule has 2 aromatic carbocycles. The predicted octanol–water partition coefficient (Wildman–Crippen LogP) is 4.77. The number of sulfonamides is 1. The third kappa shape index (κ3) is 4.19. The third-order valence-electron chi connectivity index (χ3n) is 4.69. The van der Waals surface area contributed by atoms with Crippen LogP contribution in [0.4, 0.5) is 15.8 Å². The lowest BCUT2D eigenvalue weighted by atomic mass is 10.2. The van der Waals surface area contributed by atoms with Gasteiger partial charge in [0.1, 0.15) is 16.4 Å². The van der Waals surface area contributed by atoms with Gasteiger partial charge in [-0.1, -0.05) is 12.1 Å². The van der Waals surface area contributed by atoms with Gasteiger partial charge in [-0.2, -0.15) is 0 Å². The minimum Gasteiger partial charge on any atom is -0.494 e. The number of hydrogen-bond acceptors (Lipinski definition) is 6. The number of ether oxygens (including phenoxy) is 1. The van der Waals surface area contributed by atoms with Gasteiger partial charge in [-0.05, 0) is 60.3 Å². The fourth-order valence-electron chi connectivity index (χ4n) is 3.17. The van der Waals surface area contributed by atoms with Crippen LogP contribution in [-0.2, 0) is 16.6 Å². The van der Waals surface area contributed by atoms with Crippen molar-refractivity contribution >= 4 is 38.5 Å². The average molecular weight is 459 g/mol. The first-order chi connectivity index (χ1) is 14.9. The number of rotatable bonds is 6. The highest BCUT2D eigenvalue weighted by molar-refractivity contribution is 7.97. The zero-order valence-electron chi connectivity index (χ0n) is 16.5. The third-order valence-corrected chi connectivity index (χ3v) is 7.35. The topological polar surface area (TPSA) is 75.7 Å². The van der Waals surface area contributed by atoms with Gasteiger partial charge in [-0.15, -0.1) is 11.3 Å². The highest BCUT2D eigenvalue weighted by Gasteiger charge is 2.41. The molecule has 6 nitrogen and oxygen atoms in total. The number of carbonyl (C=O) groups is 1. The van der Waals surface area contributed by atoms with Gasteiger partial charge in [0.25, 0.3) is 10.0 Å². The van der Waals surface area contributed by atoms with E-state index in [1.165, 1.54) is 46.1 Å². The second-order valence-electron chi connectivity index (χ2n) is 6.71. The van der Waals surface area contributed by atoms with Gasteiger partial charge in [0.05, 0.1) is 18.8 Å². The van der Waals surface area contributed by atoms with Gasteiger partial charge in [0.15, 0.2) is 4.91 Å². The Hall–Kier alpha value is -3.17. The van der Waals surface area contributed by atoms with Crippen LogP contribution in [0.25, 0.3) is 0 Å². The standard InChI is InChI=1S/C22H19FN2O4S2/c1-2-29-18-9-7-17(8-10-18)24-13-20-21(26)22-19(11-12-30-22)25(31(20,27)28)14-15-3-5-16(23)6-4-15/h3-13,24H,2,14H2,1H3. The molecule has 1 N–H and O–H groups in total. The van der Waals surface area contributed by atoms with Gasteiger partial charge in [-0.25, -0.2) is 12.8 Å². The molecule has 0 saturated heterocycles. The molecule has 0 amide bonds. The quantitative estimate of drug-likeness (QED) is 0.539. The molecule has 0 aliphatic carbocycles. The maximum Gasteiger partial charge on any atom is 0.270 e. The summed E-state index contributed by atoms with van der Waals surface area (Å²) in [5.41, 5.74) is 1.55. The zero-order chi connectivity index (χ0) is 22.0. The summed E-state index contributed by atoms with van der Waals surface area (Å²) in [6.07, 6.45) is 1.22. The Kier molecular flexibility index (Phi) is 5.79. The van der Waals surface area contributed by atoms with Crippen LogP contribution in [-0.4, -0.2) is 20.8 Å². The van der Waals surface area contributed by atoms with E-state index in [2.05, 4.69) is 5.32 Å². The summed E-state index contributed by atoms with van der Waals surface area (Å²) in [5, 5.41) is 4.57. The number of fused-ring (bicyclic) bond motifs is 1. The molecule has 4 rings (SSSR count). The van der Waals surface area contributed by atoms with Crippen LogP contribution in [0.5, 0.6) is 5.75 Å². The average Bonchev–Trinajstić information content (AvgIpc) is 3.23. The lowest BCUT2D eigenvalue weighted by molar-refractivity contribution is 0.104. The van der Waals surface area contributed by atoms with Crippen LogP contribution >= 0.6 is 11.3 Å². The lowest BCUT2D eigenvalue weighted by Crippen LogP contribution is -2.38. The van der Waals surface area contributed by atoms with Crippen LogP contribution < -0.4 is 14.4 Å². The fourth-order valence-corrected chi connectivity index (χ4v) is 5.66. The number of nitrogens with one attached hydrogen (secondary N) is 1. The smallest absolute Gasteiger partial charge is 0.270 e. The van der Waals surface area contributed by atoms with E-state index in [1.807, 2.05) is 6.92 Å². The van der Waals surface area contributed by atoms with Crippen LogP contribution in [0.1, 0.15) is 22.2 Å². The number of Topliss-reactive ketones (excluding diaryl/α,β-unsaturated/α-hetero) is 1. The maximum atomic E-state index is 13.3. The molecule has 0 atom stereocenters. The first kappa shape index (κ1) is 21.1. The highest BCUT2D eigenvalue weighted by atomic mass is 32.2. The van der Waals surface area contributed by atoms with E-state index in [9.17, 15) is 17.6 Å². The fraction of sp³-hybridized carbons (Fsp3) is 0.136. The number of nitrogens with zero attached hydrogens (tertiary/aromatic N) is 1. The van der Waals surface area contributed by atoms with Crippen molar-refractivity contribution < 1.29 is 22.3 Å². The Morgan fingerprint density at radius 1 is 1.10 bits per heavy atom. The molecule has 0 unspecified atom stereocenters. The molecule has 0 bridgehead atoms. The number of ketones is 1. The second-order valence-corrected chi connectivity index (χ2v) is 9.46. The van der Waals surface area contributed by atoms with E-state index >= 15 is 0 Å². The Morgan fingerprint density at radius 3 is 2.48 bits per heavy atom. The zero-order valence-corrected chi connectivity index (χ0v) is 18.2. The molecule has 0 fully saturated rings. The minimum absolute atomic E-state index is 0.0139. The molecule has 1 aromatic heterocycles. The number of anilines is 2. The number of thiophene rings is 1. The van der Waals surface area contributed by atoms with E-state index < -0.39 is 21.6 Å². The summed E-state index contributed by atoms with van der Waals surface area (Å²) in [5.74, 6) is -0.272. The van der Waals surface area contributed by atoms with Crippen molar-refractivity contribution in [2.45, 2.75) is 13.5 Å². The Labute approximate surface area is 183 Å². The Morgan fingerprint density at radius 2 is 1.81 bits per heavy atom. The summed E-state index contributed by atoms with van der Waals surface area (Å²) in [6.45, 7) is 2.41. The van der Waals surface area contributed by atoms with Crippen molar-refractivity contribution in [3.8, 4) is 5.75 Å². The van der Waals surface area contributed by atoms with Crippen LogP contribution in [0.3, 0.4) is 0 Å². The molecular formula is C22H19FN2O4S2. The normalized spacial score (nSPS) is 16.3. The molecule has 2 heterocycles. The van der Waals surface area contributed by atoms with Crippen molar-refractivity contribution in [2.75, 3.05) is 16.2 Å². The summed E-state index contributed by atoms with van der Waals surface area (Å²) < 4.78 is 46.5. The molecule has 0 spiro atoms. The summed E-state index contributed by atoms with van der Waals surface area (Å²) >= 11 is 1.18. The highest BCUT2D eigenvalue weighted by Crippen LogP contribution is 2.39. The van der Waals surface area contributed by atoms with Crippen LogP contribution in [0, 0.1) is 5.82 Å². The van der Waals surface area contributed by atoms with Gasteiger partial charge in [-0.3, -0.25) is 9.10 Å². The Balaban J connectivity index is 1.67. The molecule has 1 aliphatic rings. The number of allylic oxidation sites excluding steroid dienone is 1. The first-order valence-corrected chi connectivity index (χ1v) is 11.8. The summed E-state index contributed by atoms with van der Waals surface area (Å²) in [6, 6.07) is 14.2. The maximum absolute atomic E-state index is 13.3. The van der Waals surface area contributed by atoms with Crippen molar-refractivity contribution in [3.63, 3.8) is 0 Å². The van der Waals surface area contributed by atoms with E-state index in [0.29, 0.717) is 34.2 Å². The van der Waals surface area contributed by atoms with E-state index in [0.717, 1.165) is 0 Å². The van der Waals surface area contributed by atoms with E-state index in [1.54, 1.807) is 35.7 Å². The molecule has 9 heteroatoms. The molecule has 3 aromatic rings.